The van der Waals surface area contributed by atoms with Crippen molar-refractivity contribution in [2.24, 2.45) is 5.92 Å². The Morgan fingerprint density at radius 1 is 1.19 bits per heavy atom. The van der Waals surface area contributed by atoms with Crippen molar-refractivity contribution in [3.8, 4) is 0 Å². The van der Waals surface area contributed by atoms with Crippen LogP contribution in [0, 0.1) is 5.92 Å². The highest BCUT2D eigenvalue weighted by molar-refractivity contribution is 6.30. The van der Waals surface area contributed by atoms with E-state index in [4.69, 9.17) is 11.6 Å². The topological polar surface area (TPSA) is 35.6 Å². The van der Waals surface area contributed by atoms with Crippen LogP contribution >= 0.6 is 11.6 Å². The smallest absolute Gasteiger partial charge is 0.317 e. The number of likely N-dealkylation sites (tertiary alicyclic amines) is 1. The second-order valence-electron chi connectivity index (χ2n) is 8.16. The minimum absolute atomic E-state index is 0.111. The van der Waals surface area contributed by atoms with Crippen LogP contribution in [0.5, 0.6) is 0 Å². The first kappa shape index (κ1) is 19.5. The Bertz CT molecular complexity index is 583. The molecule has 2 unspecified atom stereocenters. The number of nitrogens with one attached hydrogen (secondary N) is 1. The van der Waals surface area contributed by atoms with Crippen LogP contribution < -0.4 is 5.32 Å². The van der Waals surface area contributed by atoms with E-state index in [0.717, 1.165) is 56.3 Å². The van der Waals surface area contributed by atoms with E-state index in [-0.39, 0.29) is 6.03 Å². The predicted molar refractivity (Wildman–Crippen MR) is 107 cm³/mol. The maximum Gasteiger partial charge on any atom is 0.317 e. The van der Waals surface area contributed by atoms with Gasteiger partial charge >= 0.3 is 6.03 Å². The van der Waals surface area contributed by atoms with Gasteiger partial charge in [0.25, 0.3) is 0 Å². The molecule has 1 saturated carbocycles. The molecule has 0 spiro atoms. The molecule has 2 aliphatic rings. The summed E-state index contributed by atoms with van der Waals surface area (Å²) in [5, 5.41) is 4.05. The van der Waals surface area contributed by atoms with Gasteiger partial charge in [-0.05, 0) is 49.3 Å². The van der Waals surface area contributed by atoms with Crippen LogP contribution in [0.15, 0.2) is 24.3 Å². The zero-order valence-electron chi connectivity index (χ0n) is 16.1. The highest BCUT2D eigenvalue weighted by Gasteiger charge is 2.27. The van der Waals surface area contributed by atoms with E-state index in [9.17, 15) is 4.79 Å². The molecule has 5 heteroatoms. The van der Waals surface area contributed by atoms with Crippen LogP contribution in [0.25, 0.3) is 0 Å². The molecule has 1 N–H and O–H groups in total. The first-order chi connectivity index (χ1) is 12.5. The Hall–Kier alpha value is -1.26. The van der Waals surface area contributed by atoms with Crippen LogP contribution in [-0.4, -0.2) is 48.1 Å². The lowest BCUT2D eigenvalue weighted by molar-refractivity contribution is 0.146. The molecule has 26 heavy (non-hydrogen) atoms. The van der Waals surface area contributed by atoms with Gasteiger partial charge in [-0.2, -0.15) is 0 Å². The number of urea groups is 1. The van der Waals surface area contributed by atoms with Gasteiger partial charge in [0, 0.05) is 43.8 Å². The maximum absolute atomic E-state index is 12.6. The Kier molecular flexibility index (Phi) is 6.82. The molecule has 2 fully saturated rings. The fourth-order valence-corrected chi connectivity index (χ4v) is 4.41. The van der Waals surface area contributed by atoms with Gasteiger partial charge in [0.05, 0.1) is 0 Å². The number of nitrogens with zero attached hydrogens (tertiary/aromatic N) is 2. The summed E-state index contributed by atoms with van der Waals surface area (Å²) in [7, 11) is 1.97. The molecule has 1 aromatic carbocycles. The zero-order valence-corrected chi connectivity index (χ0v) is 16.8. The molecule has 1 aliphatic carbocycles. The summed E-state index contributed by atoms with van der Waals surface area (Å²) in [6.07, 6.45) is 6.88. The van der Waals surface area contributed by atoms with E-state index in [1.807, 2.05) is 24.1 Å². The molecular weight excluding hydrogens is 346 g/mol. The highest BCUT2D eigenvalue weighted by Crippen LogP contribution is 2.26. The molecule has 144 valence electrons. The number of hydrogen-bond acceptors (Lipinski definition) is 2. The summed E-state index contributed by atoms with van der Waals surface area (Å²) >= 11 is 5.95. The molecule has 1 aliphatic heterocycles. The first-order valence-corrected chi connectivity index (χ1v) is 10.4. The number of amides is 2. The third-order valence-corrected chi connectivity index (χ3v) is 6.26. The number of piperidine rings is 1. The largest absolute Gasteiger partial charge is 0.335 e. The summed E-state index contributed by atoms with van der Waals surface area (Å²) < 4.78 is 0. The standard InChI is InChI=1S/C21H32ClN3O/c1-16-4-3-5-20(14-16)24(2)21(26)23-19-10-12-25(13-11-19)15-17-6-8-18(22)9-7-17/h6-9,16,19-20H,3-5,10-15H2,1-2H3,(H,23,26). The SMILES string of the molecule is CC1CCCC(N(C)C(=O)NC2CCN(Cc3ccc(Cl)cc3)CC2)C1. The third-order valence-electron chi connectivity index (χ3n) is 6.01. The molecule has 1 saturated heterocycles. The van der Waals surface area contributed by atoms with Crippen molar-refractivity contribution < 1.29 is 4.79 Å². The van der Waals surface area contributed by atoms with Crippen LogP contribution in [0.3, 0.4) is 0 Å². The van der Waals surface area contributed by atoms with Crippen molar-refractivity contribution >= 4 is 17.6 Å². The summed E-state index contributed by atoms with van der Waals surface area (Å²) in [5.41, 5.74) is 1.29. The fraction of sp³-hybridized carbons (Fsp3) is 0.667. The summed E-state index contributed by atoms with van der Waals surface area (Å²) in [5.74, 6) is 0.736. The summed E-state index contributed by atoms with van der Waals surface area (Å²) in [6, 6.07) is 8.90. The van der Waals surface area contributed by atoms with Crippen molar-refractivity contribution in [2.45, 2.75) is 64.1 Å². The van der Waals surface area contributed by atoms with E-state index in [0.29, 0.717) is 12.1 Å². The Balaban J connectivity index is 1.41. The van der Waals surface area contributed by atoms with Crippen LogP contribution in [0.2, 0.25) is 5.02 Å². The van der Waals surface area contributed by atoms with Crippen molar-refractivity contribution in [1.82, 2.24) is 15.1 Å². The quantitative estimate of drug-likeness (QED) is 0.836. The molecule has 4 nitrogen and oxygen atoms in total. The second kappa shape index (κ2) is 9.09. The van der Waals surface area contributed by atoms with Gasteiger partial charge in [-0.3, -0.25) is 4.90 Å². The Labute approximate surface area is 162 Å². The Morgan fingerprint density at radius 2 is 1.88 bits per heavy atom. The van der Waals surface area contributed by atoms with Gasteiger partial charge in [0.15, 0.2) is 0 Å². The van der Waals surface area contributed by atoms with E-state index in [1.165, 1.54) is 18.4 Å². The maximum atomic E-state index is 12.6. The summed E-state index contributed by atoms with van der Waals surface area (Å²) in [4.78, 5) is 17.0. The monoisotopic (exact) mass is 377 g/mol. The fourth-order valence-electron chi connectivity index (χ4n) is 4.28. The molecule has 2 atom stereocenters. The Morgan fingerprint density at radius 3 is 2.54 bits per heavy atom. The number of carbonyl (C=O) groups excluding carboxylic acids is 1. The lowest BCUT2D eigenvalue weighted by Gasteiger charge is -2.37. The average molecular weight is 378 g/mol. The van der Waals surface area contributed by atoms with Gasteiger partial charge in [0.1, 0.15) is 0 Å². The van der Waals surface area contributed by atoms with Crippen molar-refractivity contribution in [3.05, 3.63) is 34.9 Å². The van der Waals surface area contributed by atoms with E-state index < -0.39 is 0 Å². The zero-order chi connectivity index (χ0) is 18.5. The predicted octanol–water partition coefficient (Wildman–Crippen LogP) is 4.52. The lowest BCUT2D eigenvalue weighted by Crippen LogP contribution is -2.51. The lowest BCUT2D eigenvalue weighted by atomic mass is 9.86. The van der Waals surface area contributed by atoms with Gasteiger partial charge in [-0.15, -0.1) is 0 Å². The van der Waals surface area contributed by atoms with Crippen molar-refractivity contribution in [3.63, 3.8) is 0 Å². The number of benzene rings is 1. The van der Waals surface area contributed by atoms with Gasteiger partial charge in [-0.25, -0.2) is 4.79 Å². The van der Waals surface area contributed by atoms with E-state index >= 15 is 0 Å². The van der Waals surface area contributed by atoms with Gasteiger partial charge in [0.2, 0.25) is 0 Å². The normalized spacial score (nSPS) is 25.0. The molecular formula is C21H32ClN3O. The number of hydrogen-bond donors (Lipinski definition) is 1. The molecule has 3 rings (SSSR count). The minimum Gasteiger partial charge on any atom is -0.335 e. The average Bonchev–Trinajstić information content (AvgIpc) is 2.64. The molecule has 0 aromatic heterocycles. The van der Waals surface area contributed by atoms with E-state index in [1.54, 1.807) is 0 Å². The highest BCUT2D eigenvalue weighted by atomic mass is 35.5. The number of carbonyl (C=O) groups is 1. The van der Waals surface area contributed by atoms with Gasteiger partial charge < -0.3 is 10.2 Å². The number of halogens is 1. The molecule has 0 bridgehead atoms. The molecule has 0 radical (unpaired) electrons. The first-order valence-electron chi connectivity index (χ1n) is 10.0. The van der Waals surface area contributed by atoms with Crippen LogP contribution in [-0.2, 0) is 6.54 Å². The van der Waals surface area contributed by atoms with E-state index in [2.05, 4.69) is 29.3 Å². The summed E-state index contributed by atoms with van der Waals surface area (Å²) in [6.45, 7) is 5.31. The molecule has 2 amide bonds. The second-order valence-corrected chi connectivity index (χ2v) is 8.60. The number of rotatable bonds is 4. The van der Waals surface area contributed by atoms with Crippen LogP contribution in [0.1, 0.15) is 51.0 Å². The van der Waals surface area contributed by atoms with Crippen molar-refractivity contribution in [2.75, 3.05) is 20.1 Å². The third kappa shape index (κ3) is 5.37. The minimum atomic E-state index is 0.111. The van der Waals surface area contributed by atoms with Crippen molar-refractivity contribution in [1.29, 1.82) is 0 Å². The molecule has 1 heterocycles. The molecule has 1 aromatic rings. The van der Waals surface area contributed by atoms with Crippen LogP contribution in [0.4, 0.5) is 4.79 Å². The van der Waals surface area contributed by atoms with Gasteiger partial charge in [-0.1, -0.05) is 43.5 Å².